The molecule has 1 aliphatic heterocycles. The fraction of sp³-hybridized carbons (Fsp3) is 0.500. The fourth-order valence-electron chi connectivity index (χ4n) is 0.721. The van der Waals surface area contributed by atoms with Gasteiger partial charge in [-0.25, -0.2) is 0 Å². The zero-order chi connectivity index (χ0) is 6.69. The number of carbonyl (C=O) groups excluding carboxylic acids is 1. The average Bonchev–Trinajstić information content (AvgIpc) is 1.89. The van der Waals surface area contributed by atoms with Gasteiger partial charge in [-0.2, -0.15) is 0 Å². The molecule has 0 aromatic rings. The maximum Gasteiger partial charge on any atom is 0.214 e. The second-order valence-electron chi connectivity index (χ2n) is 1.92. The summed E-state index contributed by atoms with van der Waals surface area (Å²) in [5, 5.41) is 0. The summed E-state index contributed by atoms with van der Waals surface area (Å²) >= 11 is 0. The minimum absolute atomic E-state index is 0.485. The van der Waals surface area contributed by atoms with Gasteiger partial charge in [0.1, 0.15) is 0 Å². The van der Waals surface area contributed by atoms with Crippen LogP contribution in [0.2, 0.25) is 0 Å². The summed E-state index contributed by atoms with van der Waals surface area (Å²) in [5.41, 5.74) is 0.747. The molecular formula is C6H9NO2. The van der Waals surface area contributed by atoms with Gasteiger partial charge in [0.15, 0.2) is 0 Å². The lowest BCUT2D eigenvalue weighted by atomic mass is 10.4. The molecule has 0 atom stereocenters. The number of hydrogen-bond donors (Lipinski definition) is 0. The molecule has 0 aromatic heterocycles. The molecule has 1 heterocycles. The Hall–Kier alpha value is -0.830. The summed E-state index contributed by atoms with van der Waals surface area (Å²) in [6.45, 7) is 5.38. The number of nitrogens with zero attached hydrogens (tertiary/aromatic N) is 1. The summed E-state index contributed by atoms with van der Waals surface area (Å²) in [6.07, 6.45) is 0.783. The van der Waals surface area contributed by atoms with Crippen LogP contribution in [-0.4, -0.2) is 31.1 Å². The predicted octanol–water partition coefficient (Wildman–Crippen LogP) is -0.0113. The van der Waals surface area contributed by atoms with E-state index in [0.717, 1.165) is 12.1 Å². The highest BCUT2D eigenvalue weighted by atomic mass is 16.5. The summed E-state index contributed by atoms with van der Waals surface area (Å²) in [6, 6.07) is 0. The monoisotopic (exact) mass is 127 g/mol. The van der Waals surface area contributed by atoms with E-state index in [1.54, 1.807) is 4.90 Å². The number of amides is 1. The van der Waals surface area contributed by atoms with E-state index in [0.29, 0.717) is 19.8 Å². The molecule has 0 spiro atoms. The standard InChI is InChI=1S/C6H9NO2/c1-6-4-9-3-2-7(6)5-8/h5H,1-4H2. The summed E-state index contributed by atoms with van der Waals surface area (Å²) in [5.74, 6) is 0. The molecule has 1 saturated heterocycles. The molecule has 0 unspecified atom stereocenters. The van der Waals surface area contributed by atoms with Crippen LogP contribution >= 0.6 is 0 Å². The molecule has 0 saturated carbocycles. The Morgan fingerprint density at radius 3 is 3.00 bits per heavy atom. The lowest BCUT2D eigenvalue weighted by Gasteiger charge is -2.24. The van der Waals surface area contributed by atoms with Crippen LogP contribution in [0.1, 0.15) is 0 Å². The third-order valence-corrected chi connectivity index (χ3v) is 1.28. The number of ether oxygens (including phenoxy) is 1. The van der Waals surface area contributed by atoms with E-state index in [1.165, 1.54) is 0 Å². The summed E-state index contributed by atoms with van der Waals surface area (Å²) in [4.78, 5) is 11.7. The molecule has 0 aromatic carbocycles. The largest absolute Gasteiger partial charge is 0.373 e. The number of hydrogen-bond acceptors (Lipinski definition) is 2. The molecule has 0 bridgehead atoms. The van der Waals surface area contributed by atoms with Crippen LogP contribution in [0.15, 0.2) is 12.3 Å². The number of carbonyl (C=O) groups is 1. The van der Waals surface area contributed by atoms with Crippen LogP contribution in [0.5, 0.6) is 0 Å². The maximum absolute atomic E-state index is 10.2. The molecule has 3 heteroatoms. The van der Waals surface area contributed by atoms with Gasteiger partial charge in [-0.05, 0) is 0 Å². The summed E-state index contributed by atoms with van der Waals surface area (Å²) in [7, 11) is 0. The van der Waals surface area contributed by atoms with Gasteiger partial charge in [0.05, 0.1) is 13.2 Å². The van der Waals surface area contributed by atoms with Crippen molar-refractivity contribution in [1.82, 2.24) is 4.90 Å². The molecule has 0 radical (unpaired) electrons. The average molecular weight is 127 g/mol. The Labute approximate surface area is 53.9 Å². The van der Waals surface area contributed by atoms with Crippen molar-refractivity contribution in [2.75, 3.05) is 19.8 Å². The Balaban J connectivity index is 2.48. The van der Waals surface area contributed by atoms with Crippen LogP contribution in [-0.2, 0) is 9.53 Å². The predicted molar refractivity (Wildman–Crippen MR) is 32.7 cm³/mol. The quantitative estimate of drug-likeness (QED) is 0.463. The van der Waals surface area contributed by atoms with Gasteiger partial charge in [0, 0.05) is 12.2 Å². The van der Waals surface area contributed by atoms with E-state index in [2.05, 4.69) is 6.58 Å². The zero-order valence-corrected chi connectivity index (χ0v) is 5.17. The number of rotatable bonds is 1. The lowest BCUT2D eigenvalue weighted by Crippen LogP contribution is -2.32. The Morgan fingerprint density at radius 1 is 1.78 bits per heavy atom. The first-order valence-corrected chi connectivity index (χ1v) is 2.82. The number of morpholine rings is 1. The van der Waals surface area contributed by atoms with Crippen LogP contribution in [0.3, 0.4) is 0 Å². The second kappa shape index (κ2) is 2.64. The highest BCUT2D eigenvalue weighted by Gasteiger charge is 2.10. The van der Waals surface area contributed by atoms with Crippen LogP contribution in [0, 0.1) is 0 Å². The Kier molecular flexibility index (Phi) is 1.85. The van der Waals surface area contributed by atoms with E-state index < -0.39 is 0 Å². The third kappa shape index (κ3) is 1.29. The van der Waals surface area contributed by atoms with Gasteiger partial charge in [-0.15, -0.1) is 0 Å². The second-order valence-corrected chi connectivity index (χ2v) is 1.92. The van der Waals surface area contributed by atoms with Gasteiger partial charge >= 0.3 is 0 Å². The highest BCUT2D eigenvalue weighted by Crippen LogP contribution is 2.03. The molecule has 1 aliphatic rings. The van der Waals surface area contributed by atoms with Gasteiger partial charge in [0.25, 0.3) is 0 Å². The molecule has 9 heavy (non-hydrogen) atoms. The van der Waals surface area contributed by atoms with Gasteiger partial charge in [-0.1, -0.05) is 6.58 Å². The van der Waals surface area contributed by atoms with E-state index in [4.69, 9.17) is 4.74 Å². The molecule has 0 aliphatic carbocycles. The third-order valence-electron chi connectivity index (χ3n) is 1.28. The molecule has 0 N–H and O–H groups in total. The van der Waals surface area contributed by atoms with E-state index >= 15 is 0 Å². The van der Waals surface area contributed by atoms with Crippen LogP contribution in [0.25, 0.3) is 0 Å². The Morgan fingerprint density at radius 2 is 2.56 bits per heavy atom. The van der Waals surface area contributed by atoms with Gasteiger partial charge in [0.2, 0.25) is 6.41 Å². The van der Waals surface area contributed by atoms with Crippen molar-refractivity contribution >= 4 is 6.41 Å². The van der Waals surface area contributed by atoms with Gasteiger partial charge in [-0.3, -0.25) is 4.79 Å². The molecule has 1 rings (SSSR count). The summed E-state index contributed by atoms with van der Waals surface area (Å²) < 4.78 is 5.01. The maximum atomic E-state index is 10.2. The molecular weight excluding hydrogens is 118 g/mol. The normalized spacial score (nSPS) is 20.0. The van der Waals surface area contributed by atoms with Crippen molar-refractivity contribution in [3.05, 3.63) is 12.3 Å². The van der Waals surface area contributed by atoms with Crippen molar-refractivity contribution in [1.29, 1.82) is 0 Å². The van der Waals surface area contributed by atoms with Gasteiger partial charge < -0.3 is 9.64 Å². The van der Waals surface area contributed by atoms with Crippen molar-refractivity contribution in [3.63, 3.8) is 0 Å². The Bertz CT molecular complexity index is 133. The lowest BCUT2D eigenvalue weighted by molar-refractivity contribution is -0.119. The SMILES string of the molecule is C=C1COCCN1C=O. The van der Waals surface area contributed by atoms with Crippen LogP contribution in [0.4, 0.5) is 0 Å². The van der Waals surface area contributed by atoms with E-state index in [-0.39, 0.29) is 0 Å². The first kappa shape index (κ1) is 6.29. The molecule has 1 amide bonds. The first-order chi connectivity index (χ1) is 4.34. The molecule has 1 fully saturated rings. The van der Waals surface area contributed by atoms with E-state index in [1.807, 2.05) is 0 Å². The first-order valence-electron chi connectivity index (χ1n) is 2.82. The van der Waals surface area contributed by atoms with E-state index in [9.17, 15) is 4.79 Å². The van der Waals surface area contributed by atoms with Crippen molar-refractivity contribution in [3.8, 4) is 0 Å². The smallest absolute Gasteiger partial charge is 0.214 e. The minimum atomic E-state index is 0.485. The fourth-order valence-corrected chi connectivity index (χ4v) is 0.721. The highest BCUT2D eigenvalue weighted by molar-refractivity contribution is 5.50. The van der Waals surface area contributed by atoms with Crippen molar-refractivity contribution < 1.29 is 9.53 Å². The zero-order valence-electron chi connectivity index (χ0n) is 5.17. The minimum Gasteiger partial charge on any atom is -0.373 e. The van der Waals surface area contributed by atoms with Crippen LogP contribution < -0.4 is 0 Å². The topological polar surface area (TPSA) is 29.5 Å². The van der Waals surface area contributed by atoms with Crippen molar-refractivity contribution in [2.24, 2.45) is 0 Å². The molecule has 50 valence electrons. The molecule has 3 nitrogen and oxygen atoms in total. The van der Waals surface area contributed by atoms with Crippen molar-refractivity contribution in [2.45, 2.75) is 0 Å².